The molecule has 5 rings (SSSR count). The molecule has 0 amide bonds. The van der Waals surface area contributed by atoms with Crippen molar-refractivity contribution >= 4 is 5.57 Å². The number of fused-ring (bicyclic) bond motifs is 3. The van der Waals surface area contributed by atoms with E-state index in [1.807, 2.05) is 6.92 Å². The predicted octanol–water partition coefficient (Wildman–Crippen LogP) is 10.3. The van der Waals surface area contributed by atoms with Crippen molar-refractivity contribution < 1.29 is 5.11 Å². The first kappa shape index (κ1) is 28.4. The van der Waals surface area contributed by atoms with Gasteiger partial charge < -0.3 is 5.11 Å². The summed E-state index contributed by atoms with van der Waals surface area (Å²) >= 11 is 0. The first-order chi connectivity index (χ1) is 18.1. The summed E-state index contributed by atoms with van der Waals surface area (Å²) in [6, 6.07) is 2.59. The van der Waals surface area contributed by atoms with E-state index in [-0.39, 0.29) is 10.8 Å². The molecule has 0 spiro atoms. The van der Waals surface area contributed by atoms with E-state index in [0.29, 0.717) is 11.8 Å². The molecule has 0 aliphatic heterocycles. The monoisotopic (exact) mass is 524 g/mol. The van der Waals surface area contributed by atoms with Crippen LogP contribution in [-0.2, 0) is 6.42 Å². The SMILES string of the molecule is C=C(C)C1=C(C)C[C@@]2(C)C[C@@]3(C)Cc4c(C(C)C)cc(C5CCC(C)CC5)c(C)c4C(=C)C3=C(C)[C@@]2(O)C1=C. The van der Waals surface area contributed by atoms with E-state index in [4.69, 9.17) is 6.58 Å². The Bertz CT molecular complexity index is 1350. The second-order valence-corrected chi connectivity index (χ2v) is 14.9. The lowest BCUT2D eigenvalue weighted by atomic mass is 9.45. The van der Waals surface area contributed by atoms with E-state index >= 15 is 0 Å². The first-order valence-corrected chi connectivity index (χ1v) is 15.4. The number of hydrogen-bond donors (Lipinski definition) is 1. The Labute approximate surface area is 238 Å². The van der Waals surface area contributed by atoms with E-state index in [2.05, 4.69) is 74.6 Å². The van der Waals surface area contributed by atoms with Crippen LogP contribution in [0.4, 0.5) is 0 Å². The number of benzene rings is 1. The molecular formula is C38H52O. The zero-order chi connectivity index (χ0) is 28.8. The maximum absolute atomic E-state index is 12.8. The summed E-state index contributed by atoms with van der Waals surface area (Å²) in [7, 11) is 0. The maximum atomic E-state index is 12.8. The van der Waals surface area contributed by atoms with Gasteiger partial charge in [-0.2, -0.15) is 0 Å². The molecule has 0 aromatic heterocycles. The summed E-state index contributed by atoms with van der Waals surface area (Å²) in [5.41, 5.74) is 13.6. The third-order valence-electron chi connectivity index (χ3n) is 11.4. The maximum Gasteiger partial charge on any atom is 0.117 e. The van der Waals surface area contributed by atoms with E-state index < -0.39 is 5.60 Å². The van der Waals surface area contributed by atoms with E-state index in [1.165, 1.54) is 59.1 Å². The highest BCUT2D eigenvalue weighted by Crippen LogP contribution is 2.67. The molecule has 1 saturated carbocycles. The molecule has 0 radical (unpaired) electrons. The van der Waals surface area contributed by atoms with Crippen LogP contribution >= 0.6 is 0 Å². The fraction of sp³-hybridized carbons (Fsp3) is 0.579. The third kappa shape index (κ3) is 3.89. The van der Waals surface area contributed by atoms with Crippen LogP contribution in [0.3, 0.4) is 0 Å². The van der Waals surface area contributed by atoms with Gasteiger partial charge in [0.05, 0.1) is 0 Å². The zero-order valence-corrected chi connectivity index (χ0v) is 26.3. The molecule has 1 aromatic carbocycles. The van der Waals surface area contributed by atoms with Gasteiger partial charge in [0.15, 0.2) is 0 Å². The Kier molecular flexibility index (Phi) is 6.70. The van der Waals surface area contributed by atoms with Crippen molar-refractivity contribution in [3.8, 4) is 0 Å². The van der Waals surface area contributed by atoms with Crippen molar-refractivity contribution in [2.75, 3.05) is 0 Å². The summed E-state index contributed by atoms with van der Waals surface area (Å²) < 4.78 is 0. The van der Waals surface area contributed by atoms with Crippen LogP contribution in [0.15, 0.2) is 59.2 Å². The highest BCUT2D eigenvalue weighted by molar-refractivity contribution is 5.88. The molecule has 1 fully saturated rings. The molecule has 0 bridgehead atoms. The third-order valence-corrected chi connectivity index (χ3v) is 11.4. The first-order valence-electron chi connectivity index (χ1n) is 15.4. The van der Waals surface area contributed by atoms with E-state index in [0.717, 1.165) is 53.0 Å². The summed E-state index contributed by atoms with van der Waals surface area (Å²) in [5.74, 6) is 1.95. The topological polar surface area (TPSA) is 20.2 Å². The van der Waals surface area contributed by atoms with E-state index in [1.54, 1.807) is 5.56 Å². The van der Waals surface area contributed by atoms with Crippen molar-refractivity contribution in [2.24, 2.45) is 16.7 Å². The fourth-order valence-electron chi connectivity index (χ4n) is 9.92. The molecule has 4 aliphatic carbocycles. The van der Waals surface area contributed by atoms with Gasteiger partial charge >= 0.3 is 0 Å². The van der Waals surface area contributed by atoms with Gasteiger partial charge in [0, 0.05) is 5.41 Å². The number of hydrogen-bond acceptors (Lipinski definition) is 1. The van der Waals surface area contributed by atoms with Gasteiger partial charge in [0.25, 0.3) is 0 Å². The fourth-order valence-corrected chi connectivity index (χ4v) is 9.92. The minimum Gasteiger partial charge on any atom is -0.380 e. The zero-order valence-electron chi connectivity index (χ0n) is 26.3. The molecule has 1 N–H and O–H groups in total. The largest absolute Gasteiger partial charge is 0.380 e. The average Bonchev–Trinajstić information content (AvgIpc) is 2.81. The molecule has 0 unspecified atom stereocenters. The molecule has 210 valence electrons. The highest BCUT2D eigenvalue weighted by atomic mass is 16.3. The van der Waals surface area contributed by atoms with Crippen molar-refractivity contribution in [1.82, 2.24) is 0 Å². The summed E-state index contributed by atoms with van der Waals surface area (Å²) in [6.45, 7) is 34.3. The van der Waals surface area contributed by atoms with Crippen LogP contribution in [0, 0.1) is 23.7 Å². The minimum atomic E-state index is -1.10. The molecule has 1 nitrogen and oxygen atoms in total. The minimum absolute atomic E-state index is 0.0751. The lowest BCUT2D eigenvalue weighted by Crippen LogP contribution is -2.58. The van der Waals surface area contributed by atoms with Crippen molar-refractivity contribution in [3.05, 3.63) is 87.1 Å². The quantitative estimate of drug-likeness (QED) is 0.417. The van der Waals surface area contributed by atoms with Crippen molar-refractivity contribution in [3.63, 3.8) is 0 Å². The Morgan fingerprint density at radius 3 is 2.21 bits per heavy atom. The smallest absolute Gasteiger partial charge is 0.117 e. The predicted molar refractivity (Wildman–Crippen MR) is 168 cm³/mol. The Morgan fingerprint density at radius 1 is 1.03 bits per heavy atom. The molecule has 0 heterocycles. The van der Waals surface area contributed by atoms with Crippen LogP contribution in [-0.4, -0.2) is 10.7 Å². The second kappa shape index (κ2) is 9.20. The van der Waals surface area contributed by atoms with Gasteiger partial charge in [-0.15, -0.1) is 0 Å². The Balaban J connectivity index is 1.74. The molecule has 0 saturated heterocycles. The van der Waals surface area contributed by atoms with Crippen LogP contribution in [0.5, 0.6) is 0 Å². The van der Waals surface area contributed by atoms with E-state index in [9.17, 15) is 5.11 Å². The van der Waals surface area contributed by atoms with Crippen LogP contribution in [0.25, 0.3) is 5.57 Å². The van der Waals surface area contributed by atoms with Gasteiger partial charge in [0.2, 0.25) is 0 Å². The van der Waals surface area contributed by atoms with Gasteiger partial charge in [0.1, 0.15) is 5.60 Å². The van der Waals surface area contributed by atoms with Crippen LogP contribution in [0.2, 0.25) is 0 Å². The number of allylic oxidation sites excluding steroid dienone is 4. The van der Waals surface area contributed by atoms with Gasteiger partial charge in [-0.25, -0.2) is 0 Å². The normalized spacial score (nSPS) is 34.7. The summed E-state index contributed by atoms with van der Waals surface area (Å²) in [6.07, 6.45) is 8.02. The molecule has 1 aromatic rings. The Hall–Kier alpha value is -2.12. The lowest BCUT2D eigenvalue weighted by Gasteiger charge is -2.61. The van der Waals surface area contributed by atoms with Gasteiger partial charge in [-0.05, 0) is 139 Å². The number of aliphatic hydroxyl groups is 1. The van der Waals surface area contributed by atoms with Gasteiger partial charge in [-0.1, -0.05) is 84.4 Å². The lowest BCUT2D eigenvalue weighted by molar-refractivity contribution is -0.0539. The average molecular weight is 525 g/mol. The molecule has 39 heavy (non-hydrogen) atoms. The van der Waals surface area contributed by atoms with Gasteiger partial charge in [-0.3, -0.25) is 0 Å². The second-order valence-electron chi connectivity index (χ2n) is 14.9. The number of rotatable bonds is 3. The standard InChI is InChI=1S/C38H52O/c1-21(2)30-17-31(29-15-13-23(5)14-16-29)25(7)34-26(8)35-28(10)38(39)27(9)33(22(3)4)24(6)18-37(38,12)20-36(35,11)19-32(30)34/h17,21,23,29,39H,3,8-9,13-16,18-20H2,1-2,4-7,10-12H3/t23?,29?,36-,37+,38+/m1/s1. The van der Waals surface area contributed by atoms with Crippen LogP contribution in [0.1, 0.15) is 134 Å². The summed E-state index contributed by atoms with van der Waals surface area (Å²) in [4.78, 5) is 0. The highest BCUT2D eigenvalue weighted by Gasteiger charge is 2.61. The molecular weight excluding hydrogens is 472 g/mol. The van der Waals surface area contributed by atoms with Crippen LogP contribution < -0.4 is 0 Å². The Morgan fingerprint density at radius 2 is 1.64 bits per heavy atom. The molecule has 3 atom stereocenters. The molecule has 1 heteroatoms. The summed E-state index contributed by atoms with van der Waals surface area (Å²) in [5, 5.41) is 12.8. The molecule has 4 aliphatic rings. The van der Waals surface area contributed by atoms with Crippen molar-refractivity contribution in [2.45, 2.75) is 125 Å². The van der Waals surface area contributed by atoms with Crippen molar-refractivity contribution in [1.29, 1.82) is 0 Å².